The van der Waals surface area contributed by atoms with Gasteiger partial charge in [-0.1, -0.05) is 0 Å². The Morgan fingerprint density at radius 3 is 2.17 bits per heavy atom. The summed E-state index contributed by atoms with van der Waals surface area (Å²) in [4.78, 5) is 24.4. The zero-order valence-corrected chi connectivity index (χ0v) is 11.9. The SMILES string of the molecule is CC(C#N)n1c(=S)n(C)c(=O)n(C(C)(C)C)c1=O. The number of aromatic nitrogens is 3. The van der Waals surface area contributed by atoms with Gasteiger partial charge in [0.05, 0.1) is 6.07 Å². The van der Waals surface area contributed by atoms with Crippen LogP contribution in [0.4, 0.5) is 0 Å². The quantitative estimate of drug-likeness (QED) is 0.710. The molecule has 0 spiro atoms. The minimum atomic E-state index is -0.717. The van der Waals surface area contributed by atoms with Gasteiger partial charge < -0.3 is 0 Å². The molecule has 0 aromatic carbocycles. The molecule has 0 saturated heterocycles. The summed E-state index contributed by atoms with van der Waals surface area (Å²) in [5, 5.41) is 8.94. The van der Waals surface area contributed by atoms with Crippen molar-refractivity contribution in [1.82, 2.24) is 13.7 Å². The van der Waals surface area contributed by atoms with Crippen molar-refractivity contribution in [2.24, 2.45) is 7.05 Å². The Morgan fingerprint density at radius 2 is 1.78 bits per heavy atom. The molecule has 1 unspecified atom stereocenters. The molecule has 7 heteroatoms. The van der Waals surface area contributed by atoms with Gasteiger partial charge in [-0.05, 0) is 39.9 Å². The minimum absolute atomic E-state index is 0.0551. The molecular weight excluding hydrogens is 252 g/mol. The second kappa shape index (κ2) is 4.53. The van der Waals surface area contributed by atoms with E-state index in [1.54, 1.807) is 27.7 Å². The second-order valence-electron chi connectivity index (χ2n) is 5.09. The van der Waals surface area contributed by atoms with E-state index >= 15 is 0 Å². The fraction of sp³-hybridized carbons (Fsp3) is 0.636. The summed E-state index contributed by atoms with van der Waals surface area (Å²) in [6.45, 7) is 6.81. The van der Waals surface area contributed by atoms with E-state index in [4.69, 9.17) is 17.5 Å². The van der Waals surface area contributed by atoms with Crippen LogP contribution in [0.25, 0.3) is 0 Å². The van der Waals surface area contributed by atoms with Crippen molar-refractivity contribution < 1.29 is 0 Å². The van der Waals surface area contributed by atoms with Crippen LogP contribution in [0.2, 0.25) is 0 Å². The van der Waals surface area contributed by atoms with E-state index in [9.17, 15) is 9.59 Å². The fourth-order valence-electron chi connectivity index (χ4n) is 1.63. The number of nitriles is 1. The molecule has 98 valence electrons. The Kier molecular flexibility index (Phi) is 3.62. The molecule has 1 aromatic rings. The first-order valence-electron chi connectivity index (χ1n) is 5.47. The van der Waals surface area contributed by atoms with Crippen LogP contribution in [0.3, 0.4) is 0 Å². The summed E-state index contributed by atoms with van der Waals surface area (Å²) in [5.74, 6) is 0. The zero-order chi connectivity index (χ0) is 14.2. The van der Waals surface area contributed by atoms with Crippen LogP contribution in [-0.4, -0.2) is 13.7 Å². The smallest absolute Gasteiger partial charge is 0.273 e. The van der Waals surface area contributed by atoms with E-state index in [0.717, 1.165) is 9.13 Å². The molecule has 0 fully saturated rings. The normalized spacial score (nSPS) is 13.1. The lowest BCUT2D eigenvalue weighted by atomic mass is 10.1. The predicted octanol–water partition coefficient (Wildman–Crippen LogP) is 0.918. The van der Waals surface area contributed by atoms with Gasteiger partial charge in [-0.2, -0.15) is 5.26 Å². The third-order valence-electron chi connectivity index (χ3n) is 2.61. The van der Waals surface area contributed by atoms with Crippen molar-refractivity contribution in [3.63, 3.8) is 0 Å². The van der Waals surface area contributed by atoms with Gasteiger partial charge in [-0.3, -0.25) is 9.13 Å². The Labute approximate surface area is 110 Å². The summed E-state index contributed by atoms with van der Waals surface area (Å²) in [6.07, 6.45) is 0. The van der Waals surface area contributed by atoms with Gasteiger partial charge in [0.25, 0.3) is 0 Å². The van der Waals surface area contributed by atoms with Gasteiger partial charge in [0.1, 0.15) is 6.04 Å². The van der Waals surface area contributed by atoms with Gasteiger partial charge in [0.2, 0.25) is 0 Å². The molecule has 1 aromatic heterocycles. The first-order valence-corrected chi connectivity index (χ1v) is 5.88. The molecular formula is C11H16N4O2S. The molecule has 6 nitrogen and oxygen atoms in total. The predicted molar refractivity (Wildman–Crippen MR) is 70.1 cm³/mol. The molecule has 1 heterocycles. The van der Waals surface area contributed by atoms with Crippen LogP contribution in [-0.2, 0) is 12.6 Å². The van der Waals surface area contributed by atoms with Crippen LogP contribution in [0.1, 0.15) is 33.7 Å². The second-order valence-corrected chi connectivity index (χ2v) is 5.45. The molecule has 0 aliphatic rings. The lowest BCUT2D eigenvalue weighted by Gasteiger charge is -2.23. The molecule has 18 heavy (non-hydrogen) atoms. The van der Waals surface area contributed by atoms with Crippen LogP contribution in [0.5, 0.6) is 0 Å². The third kappa shape index (κ3) is 2.16. The highest BCUT2D eigenvalue weighted by Crippen LogP contribution is 2.08. The molecule has 0 amide bonds. The zero-order valence-electron chi connectivity index (χ0n) is 11.1. The van der Waals surface area contributed by atoms with E-state index in [2.05, 4.69) is 0 Å². The summed E-state index contributed by atoms with van der Waals surface area (Å²) < 4.78 is 3.52. The molecule has 1 atom stereocenters. The Balaban J connectivity index is 3.98. The summed E-state index contributed by atoms with van der Waals surface area (Å²) >= 11 is 5.05. The van der Waals surface area contributed by atoms with E-state index < -0.39 is 23.0 Å². The van der Waals surface area contributed by atoms with Crippen molar-refractivity contribution in [2.45, 2.75) is 39.3 Å². The maximum absolute atomic E-state index is 12.3. The van der Waals surface area contributed by atoms with Crippen molar-refractivity contribution in [2.75, 3.05) is 0 Å². The van der Waals surface area contributed by atoms with Crippen molar-refractivity contribution in [3.8, 4) is 6.07 Å². The van der Waals surface area contributed by atoms with E-state index in [1.165, 1.54) is 11.6 Å². The van der Waals surface area contributed by atoms with Gasteiger partial charge in [0.15, 0.2) is 4.77 Å². The lowest BCUT2D eigenvalue weighted by molar-refractivity contribution is 0.327. The minimum Gasteiger partial charge on any atom is -0.273 e. The Bertz CT molecular complexity index is 681. The highest BCUT2D eigenvalue weighted by atomic mass is 32.1. The van der Waals surface area contributed by atoms with Gasteiger partial charge in [-0.15, -0.1) is 0 Å². The van der Waals surface area contributed by atoms with Crippen molar-refractivity contribution >= 4 is 12.2 Å². The molecule has 0 saturated carbocycles. The average Bonchev–Trinajstić information content (AvgIpc) is 2.24. The van der Waals surface area contributed by atoms with Gasteiger partial charge >= 0.3 is 11.4 Å². The first kappa shape index (κ1) is 14.4. The number of rotatable bonds is 1. The van der Waals surface area contributed by atoms with E-state index in [-0.39, 0.29) is 4.77 Å². The maximum atomic E-state index is 12.3. The molecule has 1 rings (SSSR count). The van der Waals surface area contributed by atoms with Gasteiger partial charge in [-0.25, -0.2) is 14.2 Å². The fourth-order valence-corrected chi connectivity index (χ4v) is 1.94. The van der Waals surface area contributed by atoms with E-state index in [0.29, 0.717) is 0 Å². The highest BCUT2D eigenvalue weighted by molar-refractivity contribution is 7.71. The molecule has 0 aliphatic heterocycles. The van der Waals surface area contributed by atoms with Crippen LogP contribution in [0.15, 0.2) is 9.59 Å². The molecule has 0 aliphatic carbocycles. The van der Waals surface area contributed by atoms with Crippen molar-refractivity contribution in [3.05, 3.63) is 25.7 Å². The highest BCUT2D eigenvalue weighted by Gasteiger charge is 2.23. The number of hydrogen-bond acceptors (Lipinski definition) is 4. The largest absolute Gasteiger partial charge is 0.336 e. The monoisotopic (exact) mass is 268 g/mol. The van der Waals surface area contributed by atoms with Gasteiger partial charge in [0, 0.05) is 12.6 Å². The van der Waals surface area contributed by atoms with Crippen molar-refractivity contribution in [1.29, 1.82) is 5.26 Å². The number of nitrogens with zero attached hydrogens (tertiary/aromatic N) is 4. The topological polar surface area (TPSA) is 72.7 Å². The van der Waals surface area contributed by atoms with E-state index in [1.807, 2.05) is 6.07 Å². The maximum Gasteiger partial charge on any atom is 0.336 e. The number of hydrogen-bond donors (Lipinski definition) is 0. The summed E-state index contributed by atoms with van der Waals surface area (Å²) in [7, 11) is 1.49. The third-order valence-corrected chi connectivity index (χ3v) is 3.08. The van der Waals surface area contributed by atoms with Crippen LogP contribution < -0.4 is 11.4 Å². The molecule has 0 radical (unpaired) electrons. The molecule has 0 bridgehead atoms. The Hall–Kier alpha value is -1.68. The summed E-state index contributed by atoms with van der Waals surface area (Å²) in [5.41, 5.74) is -1.70. The lowest BCUT2D eigenvalue weighted by Crippen LogP contribution is -2.52. The average molecular weight is 268 g/mol. The Morgan fingerprint density at radius 1 is 1.28 bits per heavy atom. The summed E-state index contributed by atoms with van der Waals surface area (Å²) in [6, 6.07) is 1.24. The molecule has 0 N–H and O–H groups in total. The van der Waals surface area contributed by atoms with Crippen LogP contribution in [0, 0.1) is 16.1 Å². The standard InChI is InChI=1S/C11H16N4O2S/c1-7(6-12)14-9(17)15(11(2,3)4)8(16)13(5)10(14)18/h7H,1-5H3. The first-order chi connectivity index (χ1) is 8.12. The van der Waals surface area contributed by atoms with Crippen LogP contribution >= 0.6 is 12.2 Å².